The minimum absolute atomic E-state index is 0.119. The number of nitrogens with one attached hydrogen (secondary N) is 1. The van der Waals surface area contributed by atoms with Crippen LogP contribution < -0.4 is 10.1 Å². The first-order valence-electron chi connectivity index (χ1n) is 7.34. The first-order chi connectivity index (χ1) is 9.76. The molecule has 0 bridgehead atoms. The molecule has 0 saturated carbocycles. The van der Waals surface area contributed by atoms with Gasteiger partial charge in [0, 0.05) is 11.6 Å². The second kappa shape index (κ2) is 7.69. The summed E-state index contributed by atoms with van der Waals surface area (Å²) in [6, 6.07) is 6.21. The maximum atomic E-state index is 12.6. The van der Waals surface area contributed by atoms with E-state index in [0.29, 0.717) is 11.5 Å². The van der Waals surface area contributed by atoms with E-state index in [0.717, 1.165) is 13.0 Å². The Kier molecular flexibility index (Phi) is 6.52. The van der Waals surface area contributed by atoms with E-state index in [9.17, 15) is 13.2 Å². The molecule has 120 valence electrons. The van der Waals surface area contributed by atoms with Crippen molar-refractivity contribution in [1.82, 2.24) is 5.32 Å². The minimum Gasteiger partial charge on any atom is -0.405 e. The summed E-state index contributed by atoms with van der Waals surface area (Å²) in [7, 11) is 0. The maximum Gasteiger partial charge on any atom is 0.573 e. The predicted molar refractivity (Wildman–Crippen MR) is 78.2 cm³/mol. The lowest BCUT2D eigenvalue weighted by Crippen LogP contribution is -2.31. The lowest BCUT2D eigenvalue weighted by atomic mass is 9.85. The lowest BCUT2D eigenvalue weighted by Gasteiger charge is -2.30. The van der Waals surface area contributed by atoms with Crippen LogP contribution in [0.5, 0.6) is 5.75 Å². The van der Waals surface area contributed by atoms with Gasteiger partial charge >= 0.3 is 6.36 Å². The minimum atomic E-state index is -4.67. The average molecular weight is 303 g/mol. The number of rotatable bonds is 7. The van der Waals surface area contributed by atoms with E-state index in [-0.39, 0.29) is 17.7 Å². The molecule has 0 fully saturated rings. The third-order valence-corrected chi connectivity index (χ3v) is 3.67. The molecule has 0 spiro atoms. The first kappa shape index (κ1) is 17.8. The molecule has 0 amide bonds. The molecule has 21 heavy (non-hydrogen) atoms. The van der Waals surface area contributed by atoms with Gasteiger partial charge in [-0.15, -0.1) is 13.2 Å². The molecule has 0 aliphatic rings. The standard InChI is InChI=1S/C16H24F3NO/c1-5-10-20-15(12(4)11(2)3)13-8-6-7-9-14(13)21-16(17,18)19/h6-9,11-12,15,20H,5,10H2,1-4H3. The van der Waals surface area contributed by atoms with Crippen LogP contribution in [0.1, 0.15) is 45.7 Å². The summed E-state index contributed by atoms with van der Waals surface area (Å²) >= 11 is 0. The topological polar surface area (TPSA) is 21.3 Å². The van der Waals surface area contributed by atoms with E-state index in [1.165, 1.54) is 6.07 Å². The van der Waals surface area contributed by atoms with E-state index in [1.807, 2.05) is 13.8 Å². The van der Waals surface area contributed by atoms with Crippen LogP contribution in [0.25, 0.3) is 0 Å². The van der Waals surface area contributed by atoms with Crippen LogP contribution in [0.4, 0.5) is 13.2 Å². The zero-order chi connectivity index (χ0) is 16.0. The number of ether oxygens (including phenoxy) is 1. The van der Waals surface area contributed by atoms with Crippen molar-refractivity contribution in [2.75, 3.05) is 6.54 Å². The fourth-order valence-electron chi connectivity index (χ4n) is 2.22. The lowest BCUT2D eigenvalue weighted by molar-refractivity contribution is -0.275. The van der Waals surface area contributed by atoms with Crippen LogP contribution in [-0.4, -0.2) is 12.9 Å². The van der Waals surface area contributed by atoms with E-state index >= 15 is 0 Å². The van der Waals surface area contributed by atoms with Gasteiger partial charge in [-0.05, 0) is 30.9 Å². The van der Waals surface area contributed by atoms with Crippen LogP contribution >= 0.6 is 0 Å². The van der Waals surface area contributed by atoms with Gasteiger partial charge in [-0.2, -0.15) is 0 Å². The molecule has 0 aromatic heterocycles. The molecular formula is C16H24F3NO. The number of hydrogen-bond donors (Lipinski definition) is 1. The molecule has 0 aliphatic carbocycles. The molecule has 0 saturated heterocycles. The number of halogens is 3. The highest BCUT2D eigenvalue weighted by Gasteiger charge is 2.33. The number of para-hydroxylation sites is 1. The van der Waals surface area contributed by atoms with Crippen molar-refractivity contribution >= 4 is 0 Å². The van der Waals surface area contributed by atoms with Gasteiger partial charge in [-0.1, -0.05) is 45.9 Å². The highest BCUT2D eigenvalue weighted by atomic mass is 19.4. The molecule has 0 heterocycles. The fourth-order valence-corrected chi connectivity index (χ4v) is 2.22. The molecule has 2 unspecified atom stereocenters. The van der Waals surface area contributed by atoms with E-state index in [4.69, 9.17) is 0 Å². The highest BCUT2D eigenvalue weighted by Crippen LogP contribution is 2.35. The number of hydrogen-bond acceptors (Lipinski definition) is 2. The smallest absolute Gasteiger partial charge is 0.405 e. The Morgan fingerprint density at radius 2 is 1.76 bits per heavy atom. The van der Waals surface area contributed by atoms with Gasteiger partial charge in [0.2, 0.25) is 0 Å². The van der Waals surface area contributed by atoms with Gasteiger partial charge in [-0.25, -0.2) is 0 Å². The normalized spacial score (nSPS) is 15.0. The van der Waals surface area contributed by atoms with Crippen molar-refractivity contribution in [2.45, 2.75) is 46.5 Å². The monoisotopic (exact) mass is 303 g/mol. The van der Waals surface area contributed by atoms with Crippen LogP contribution in [0.2, 0.25) is 0 Å². The van der Waals surface area contributed by atoms with Gasteiger partial charge in [-0.3, -0.25) is 0 Å². The van der Waals surface area contributed by atoms with Gasteiger partial charge in [0.15, 0.2) is 0 Å². The average Bonchev–Trinajstić information content (AvgIpc) is 2.38. The van der Waals surface area contributed by atoms with Gasteiger partial charge in [0.25, 0.3) is 0 Å². The zero-order valence-electron chi connectivity index (χ0n) is 13.0. The van der Waals surface area contributed by atoms with E-state index < -0.39 is 6.36 Å². The Balaban J connectivity index is 3.11. The van der Waals surface area contributed by atoms with E-state index in [2.05, 4.69) is 23.9 Å². The summed E-state index contributed by atoms with van der Waals surface area (Å²) in [5, 5.41) is 3.35. The van der Waals surface area contributed by atoms with Crippen LogP contribution in [0.15, 0.2) is 24.3 Å². The molecule has 1 aromatic rings. The van der Waals surface area contributed by atoms with Crippen molar-refractivity contribution in [2.24, 2.45) is 11.8 Å². The van der Waals surface area contributed by atoms with E-state index in [1.54, 1.807) is 18.2 Å². The number of alkyl halides is 3. The molecule has 2 nitrogen and oxygen atoms in total. The van der Waals surface area contributed by atoms with Crippen LogP contribution in [0.3, 0.4) is 0 Å². The Morgan fingerprint density at radius 1 is 1.14 bits per heavy atom. The number of benzene rings is 1. The summed E-state index contributed by atoms with van der Waals surface area (Å²) < 4.78 is 41.8. The highest BCUT2D eigenvalue weighted by molar-refractivity contribution is 5.36. The third kappa shape index (κ3) is 5.58. The van der Waals surface area contributed by atoms with Crippen LogP contribution in [-0.2, 0) is 0 Å². The summed E-state index contributed by atoms with van der Waals surface area (Å²) in [5.41, 5.74) is 0.560. The third-order valence-electron chi connectivity index (χ3n) is 3.67. The van der Waals surface area contributed by atoms with Gasteiger partial charge in [0.05, 0.1) is 0 Å². The zero-order valence-corrected chi connectivity index (χ0v) is 13.0. The largest absolute Gasteiger partial charge is 0.573 e. The van der Waals surface area contributed by atoms with Crippen LogP contribution in [0, 0.1) is 11.8 Å². The molecular weight excluding hydrogens is 279 g/mol. The SMILES string of the molecule is CCCNC(c1ccccc1OC(F)(F)F)C(C)C(C)C. The Labute approximate surface area is 124 Å². The van der Waals surface area contributed by atoms with Crippen molar-refractivity contribution in [1.29, 1.82) is 0 Å². The van der Waals surface area contributed by atoms with Crippen molar-refractivity contribution in [3.05, 3.63) is 29.8 Å². The molecule has 2 atom stereocenters. The summed E-state index contributed by atoms with van der Waals surface area (Å²) in [4.78, 5) is 0. The molecule has 1 N–H and O–H groups in total. The Bertz CT molecular complexity index is 432. The fraction of sp³-hybridized carbons (Fsp3) is 0.625. The Hall–Kier alpha value is -1.23. The van der Waals surface area contributed by atoms with Gasteiger partial charge < -0.3 is 10.1 Å². The second-order valence-corrected chi connectivity index (χ2v) is 5.62. The Morgan fingerprint density at radius 3 is 2.29 bits per heavy atom. The maximum absolute atomic E-state index is 12.6. The van der Waals surface area contributed by atoms with Gasteiger partial charge in [0.1, 0.15) is 5.75 Å². The van der Waals surface area contributed by atoms with Crippen molar-refractivity contribution < 1.29 is 17.9 Å². The quantitative estimate of drug-likeness (QED) is 0.772. The summed E-state index contributed by atoms with van der Waals surface area (Å²) in [6.45, 7) is 8.96. The molecule has 0 aliphatic heterocycles. The van der Waals surface area contributed by atoms with Crippen molar-refractivity contribution in [3.63, 3.8) is 0 Å². The summed E-state index contributed by atoms with van der Waals surface area (Å²) in [6.07, 6.45) is -3.75. The molecule has 1 aromatic carbocycles. The molecule has 0 radical (unpaired) electrons. The van der Waals surface area contributed by atoms with Crippen molar-refractivity contribution in [3.8, 4) is 5.75 Å². The molecule has 5 heteroatoms. The predicted octanol–water partition coefficient (Wildman–Crippen LogP) is 4.92. The second-order valence-electron chi connectivity index (χ2n) is 5.62. The summed E-state index contributed by atoms with van der Waals surface area (Å²) in [5.74, 6) is 0.416. The molecule has 1 rings (SSSR count). The first-order valence-corrected chi connectivity index (χ1v) is 7.34.